The summed E-state index contributed by atoms with van der Waals surface area (Å²) in [5.74, 6) is 0.845. The van der Waals surface area contributed by atoms with Crippen LogP contribution in [-0.2, 0) is 7.05 Å². The van der Waals surface area contributed by atoms with E-state index in [2.05, 4.69) is 27.2 Å². The molecule has 0 spiro atoms. The smallest absolute Gasteiger partial charge is 0.407 e. The van der Waals surface area contributed by atoms with Gasteiger partial charge in [-0.25, -0.2) is 14.3 Å². The summed E-state index contributed by atoms with van der Waals surface area (Å²) in [6.45, 7) is 4.10. The largest absolute Gasteiger partial charge is 0.465 e. The molecule has 4 aromatic heterocycles. The van der Waals surface area contributed by atoms with Gasteiger partial charge in [0.2, 0.25) is 0 Å². The quantitative estimate of drug-likeness (QED) is 0.519. The molecule has 0 aromatic carbocycles. The molecule has 0 atom stereocenters. The summed E-state index contributed by atoms with van der Waals surface area (Å²) in [5.41, 5.74) is 5.84. The molecule has 1 amide bonds. The van der Waals surface area contributed by atoms with Crippen molar-refractivity contribution >= 4 is 17.4 Å². The highest BCUT2D eigenvalue weighted by Crippen LogP contribution is 2.33. The summed E-state index contributed by atoms with van der Waals surface area (Å²) >= 11 is 0. The molecular weight excluding hydrogens is 420 g/mol. The summed E-state index contributed by atoms with van der Waals surface area (Å²) in [6, 6.07) is 6.33. The van der Waals surface area contributed by atoms with Gasteiger partial charge in [0.1, 0.15) is 11.9 Å². The van der Waals surface area contributed by atoms with Crippen LogP contribution in [-0.4, -0.2) is 66.7 Å². The van der Waals surface area contributed by atoms with Gasteiger partial charge in [0, 0.05) is 74.1 Å². The predicted octanol–water partition coefficient (Wildman–Crippen LogP) is 2.78. The summed E-state index contributed by atoms with van der Waals surface area (Å²) in [4.78, 5) is 19.5. The van der Waals surface area contributed by atoms with Crippen molar-refractivity contribution < 1.29 is 9.90 Å². The van der Waals surface area contributed by atoms with E-state index >= 15 is 0 Å². The first-order valence-electron chi connectivity index (χ1n) is 10.5. The molecule has 0 bridgehead atoms. The second-order valence-electron chi connectivity index (χ2n) is 8.13. The molecule has 10 nitrogen and oxygen atoms in total. The van der Waals surface area contributed by atoms with Crippen molar-refractivity contribution in [3.8, 4) is 28.3 Å². The van der Waals surface area contributed by atoms with E-state index in [1.165, 1.54) is 4.90 Å². The first-order chi connectivity index (χ1) is 15.9. The highest BCUT2D eigenvalue weighted by Gasteiger charge is 2.23. The summed E-state index contributed by atoms with van der Waals surface area (Å²) in [7, 11) is 1.87. The molecule has 0 unspecified atom stereocenters. The molecule has 0 radical (unpaired) electrons. The average molecular weight is 442 g/mol. The lowest BCUT2D eigenvalue weighted by molar-refractivity contribution is 0.142. The van der Waals surface area contributed by atoms with Crippen LogP contribution in [0.3, 0.4) is 0 Å². The number of fused-ring (bicyclic) bond motifs is 1. The van der Waals surface area contributed by atoms with Crippen LogP contribution in [0.2, 0.25) is 0 Å². The van der Waals surface area contributed by atoms with Gasteiger partial charge >= 0.3 is 6.09 Å². The van der Waals surface area contributed by atoms with E-state index < -0.39 is 6.09 Å². The Labute approximate surface area is 189 Å². The van der Waals surface area contributed by atoms with E-state index in [9.17, 15) is 15.2 Å². The van der Waals surface area contributed by atoms with Crippen LogP contribution in [0.15, 0.2) is 43.1 Å². The summed E-state index contributed by atoms with van der Waals surface area (Å²) < 4.78 is 3.47. The van der Waals surface area contributed by atoms with Crippen LogP contribution in [0.25, 0.3) is 27.8 Å². The molecule has 0 aliphatic carbocycles. The van der Waals surface area contributed by atoms with E-state index in [4.69, 9.17) is 4.98 Å². The minimum absolute atomic E-state index is 0.452. The number of hydrogen-bond acceptors (Lipinski definition) is 6. The Balaban J connectivity index is 1.56. The maximum Gasteiger partial charge on any atom is 0.407 e. The zero-order chi connectivity index (χ0) is 23.1. The van der Waals surface area contributed by atoms with E-state index in [-0.39, 0.29) is 0 Å². The fourth-order valence-electron chi connectivity index (χ4n) is 4.31. The topological polar surface area (TPSA) is 116 Å². The van der Waals surface area contributed by atoms with Gasteiger partial charge < -0.3 is 14.9 Å². The lowest BCUT2D eigenvalue weighted by Crippen LogP contribution is -2.48. The van der Waals surface area contributed by atoms with Gasteiger partial charge in [0.25, 0.3) is 0 Å². The standard InChI is InChI=1S/C23H22N8O2/c1-15-7-16(10-25-22(15)29-3-5-30(6-4-29)23(32)33)20-8-17(19-12-26-28(2)13-19)14-31-21(20)18(9-24)11-27-31/h7-8,10-14H,3-6H2,1-2H3,(H,32,33). The lowest BCUT2D eigenvalue weighted by Gasteiger charge is -2.34. The number of rotatable bonds is 3. The third-order valence-electron chi connectivity index (χ3n) is 5.98. The molecule has 0 saturated carbocycles. The zero-order valence-electron chi connectivity index (χ0n) is 18.3. The summed E-state index contributed by atoms with van der Waals surface area (Å²) in [5, 5.41) is 27.5. The fraction of sp³-hybridized carbons (Fsp3) is 0.261. The Morgan fingerprint density at radius 2 is 1.82 bits per heavy atom. The Morgan fingerprint density at radius 1 is 1.03 bits per heavy atom. The number of hydrogen-bond donors (Lipinski definition) is 1. The third kappa shape index (κ3) is 3.63. The maximum absolute atomic E-state index is 11.2. The fourth-order valence-corrected chi connectivity index (χ4v) is 4.31. The normalized spacial score (nSPS) is 14.0. The van der Waals surface area contributed by atoms with Crippen molar-refractivity contribution in [3.63, 3.8) is 0 Å². The van der Waals surface area contributed by atoms with Gasteiger partial charge in [0.05, 0.1) is 23.5 Å². The van der Waals surface area contributed by atoms with Gasteiger partial charge in [-0.2, -0.15) is 15.5 Å². The summed E-state index contributed by atoms with van der Waals surface area (Å²) in [6.07, 6.45) is 8.12. The van der Waals surface area contributed by atoms with Crippen molar-refractivity contribution in [1.29, 1.82) is 5.26 Å². The number of nitrogens with zero attached hydrogens (tertiary/aromatic N) is 8. The zero-order valence-corrected chi connectivity index (χ0v) is 18.3. The average Bonchev–Trinajstić information content (AvgIpc) is 3.44. The second-order valence-corrected chi connectivity index (χ2v) is 8.13. The molecule has 1 saturated heterocycles. The molecule has 1 aliphatic rings. The van der Waals surface area contributed by atoms with Crippen molar-refractivity contribution in [2.24, 2.45) is 7.05 Å². The minimum Gasteiger partial charge on any atom is -0.465 e. The van der Waals surface area contributed by atoms with Gasteiger partial charge in [-0.05, 0) is 24.6 Å². The molecule has 1 aliphatic heterocycles. The molecule has 1 fully saturated rings. The molecule has 166 valence electrons. The van der Waals surface area contributed by atoms with Gasteiger partial charge in [0.15, 0.2) is 0 Å². The van der Waals surface area contributed by atoms with Crippen LogP contribution in [0.5, 0.6) is 0 Å². The molecule has 4 aromatic rings. The monoisotopic (exact) mass is 442 g/mol. The van der Waals surface area contributed by atoms with Crippen molar-refractivity contribution in [1.82, 2.24) is 29.3 Å². The van der Waals surface area contributed by atoms with E-state index in [1.54, 1.807) is 21.6 Å². The number of pyridine rings is 2. The van der Waals surface area contributed by atoms with Gasteiger partial charge in [-0.3, -0.25) is 4.68 Å². The number of nitriles is 1. The number of amides is 1. The predicted molar refractivity (Wildman–Crippen MR) is 122 cm³/mol. The SMILES string of the molecule is Cc1cc(-c2cc(-c3cnn(C)c3)cn3ncc(C#N)c23)cnc1N1CCN(C(=O)O)CC1. The Morgan fingerprint density at radius 3 is 2.45 bits per heavy atom. The number of aromatic nitrogens is 5. The minimum atomic E-state index is -0.888. The number of aryl methyl sites for hydroxylation is 2. The molecule has 1 N–H and O–H groups in total. The molecule has 10 heteroatoms. The highest BCUT2D eigenvalue weighted by atomic mass is 16.4. The van der Waals surface area contributed by atoms with E-state index in [0.717, 1.165) is 39.2 Å². The van der Waals surface area contributed by atoms with Gasteiger partial charge in [-0.1, -0.05) is 0 Å². The molecule has 5 rings (SSSR count). The van der Waals surface area contributed by atoms with Crippen LogP contribution in [0.4, 0.5) is 10.6 Å². The molecule has 33 heavy (non-hydrogen) atoms. The first kappa shape index (κ1) is 20.5. The van der Waals surface area contributed by atoms with Crippen LogP contribution >= 0.6 is 0 Å². The molecular formula is C23H22N8O2. The number of carboxylic acid groups (broad SMARTS) is 1. The first-order valence-corrected chi connectivity index (χ1v) is 10.5. The Kier molecular flexibility index (Phi) is 4.94. The van der Waals surface area contributed by atoms with Crippen LogP contribution in [0, 0.1) is 18.3 Å². The Hall–Kier alpha value is -4.39. The van der Waals surface area contributed by atoms with Crippen molar-refractivity contribution in [2.45, 2.75) is 6.92 Å². The van der Waals surface area contributed by atoms with Crippen molar-refractivity contribution in [3.05, 3.63) is 54.2 Å². The second kappa shape index (κ2) is 7.94. The molecule has 5 heterocycles. The van der Waals surface area contributed by atoms with Crippen LogP contribution in [0.1, 0.15) is 11.1 Å². The Bertz CT molecular complexity index is 1410. The van der Waals surface area contributed by atoms with Gasteiger partial charge in [-0.15, -0.1) is 0 Å². The number of anilines is 1. The maximum atomic E-state index is 11.2. The lowest BCUT2D eigenvalue weighted by atomic mass is 10.00. The number of carbonyl (C=O) groups is 1. The van der Waals surface area contributed by atoms with E-state index in [0.29, 0.717) is 31.7 Å². The third-order valence-corrected chi connectivity index (χ3v) is 5.98. The highest BCUT2D eigenvalue weighted by molar-refractivity contribution is 5.87. The number of piperazine rings is 1. The van der Waals surface area contributed by atoms with Crippen molar-refractivity contribution in [2.75, 3.05) is 31.1 Å². The van der Waals surface area contributed by atoms with E-state index in [1.807, 2.05) is 38.6 Å². The van der Waals surface area contributed by atoms with Crippen LogP contribution < -0.4 is 4.90 Å².